The van der Waals surface area contributed by atoms with Gasteiger partial charge in [0.15, 0.2) is 0 Å². The van der Waals surface area contributed by atoms with Crippen molar-refractivity contribution in [1.82, 2.24) is 14.5 Å². The number of nitrogens with zero attached hydrogens (tertiary/aromatic N) is 2. The first-order chi connectivity index (χ1) is 16.9. The first kappa shape index (κ1) is 24.0. The highest BCUT2D eigenvalue weighted by atomic mass is 35.5. The van der Waals surface area contributed by atoms with E-state index in [1.165, 1.54) is 4.57 Å². The molecule has 35 heavy (non-hydrogen) atoms. The van der Waals surface area contributed by atoms with E-state index in [1.54, 1.807) is 48.5 Å². The Kier molecular flexibility index (Phi) is 7.42. The van der Waals surface area contributed by atoms with Gasteiger partial charge < -0.3 is 10.6 Å². The highest BCUT2D eigenvalue weighted by Crippen LogP contribution is 2.14. The molecular weight excluding hydrogens is 468 g/mol. The van der Waals surface area contributed by atoms with Crippen LogP contribution in [0.1, 0.15) is 5.56 Å². The van der Waals surface area contributed by atoms with Crippen LogP contribution in [0.15, 0.2) is 88.5 Å². The molecule has 178 valence electrons. The molecule has 0 fully saturated rings. The Hall–Kier alpha value is -4.17. The number of para-hydroxylation sites is 1. The smallest absolute Gasteiger partial charge is 0.332 e. The van der Waals surface area contributed by atoms with Crippen molar-refractivity contribution in [2.45, 2.75) is 19.5 Å². The molecule has 0 atom stereocenters. The summed E-state index contributed by atoms with van der Waals surface area (Å²) < 4.78 is 2.05. The van der Waals surface area contributed by atoms with Crippen molar-refractivity contribution in [1.29, 1.82) is 0 Å². The van der Waals surface area contributed by atoms with Gasteiger partial charge in [-0.25, -0.2) is 4.79 Å². The summed E-state index contributed by atoms with van der Waals surface area (Å²) in [5, 5.41) is 6.21. The van der Waals surface area contributed by atoms with Crippen LogP contribution in [-0.2, 0) is 29.1 Å². The molecule has 0 aliphatic heterocycles. The zero-order chi connectivity index (χ0) is 24.8. The molecule has 9 heteroatoms. The van der Waals surface area contributed by atoms with Crippen molar-refractivity contribution in [3.63, 3.8) is 0 Å². The summed E-state index contributed by atoms with van der Waals surface area (Å²) in [6.07, 6.45) is 0.619. The topological polar surface area (TPSA) is 102 Å². The van der Waals surface area contributed by atoms with E-state index in [-0.39, 0.29) is 11.9 Å². The van der Waals surface area contributed by atoms with E-state index >= 15 is 0 Å². The Labute approximate surface area is 205 Å². The van der Waals surface area contributed by atoms with E-state index in [2.05, 4.69) is 10.6 Å². The lowest BCUT2D eigenvalue weighted by Gasteiger charge is -2.14. The van der Waals surface area contributed by atoms with Crippen LogP contribution in [0.2, 0.25) is 5.02 Å². The molecule has 4 rings (SSSR count). The molecule has 3 aromatic carbocycles. The summed E-state index contributed by atoms with van der Waals surface area (Å²) in [7, 11) is 0. The summed E-state index contributed by atoms with van der Waals surface area (Å²) in [4.78, 5) is 51.4. The third-order valence-electron chi connectivity index (χ3n) is 5.44. The second kappa shape index (κ2) is 10.8. The lowest BCUT2D eigenvalue weighted by molar-refractivity contribution is -0.121. The van der Waals surface area contributed by atoms with Crippen molar-refractivity contribution in [3.8, 4) is 0 Å². The van der Waals surface area contributed by atoms with Gasteiger partial charge in [0.2, 0.25) is 11.8 Å². The minimum atomic E-state index is -0.738. The van der Waals surface area contributed by atoms with E-state index in [4.69, 9.17) is 11.6 Å². The Balaban J connectivity index is 1.55. The van der Waals surface area contributed by atoms with Crippen LogP contribution in [0.25, 0.3) is 10.9 Å². The van der Waals surface area contributed by atoms with Gasteiger partial charge in [-0.3, -0.25) is 23.5 Å². The Morgan fingerprint density at radius 1 is 0.771 bits per heavy atom. The number of nitrogens with one attached hydrogen (secondary N) is 2. The van der Waals surface area contributed by atoms with Gasteiger partial charge >= 0.3 is 5.69 Å². The molecule has 8 nitrogen and oxygen atoms in total. The van der Waals surface area contributed by atoms with Crippen molar-refractivity contribution >= 4 is 40.0 Å². The van der Waals surface area contributed by atoms with Crippen LogP contribution in [0.4, 0.5) is 5.69 Å². The zero-order valence-corrected chi connectivity index (χ0v) is 19.5. The number of carbonyl (C=O) groups excluding carboxylic acids is 2. The minimum absolute atomic E-state index is 0.239. The molecule has 0 bridgehead atoms. The van der Waals surface area contributed by atoms with Crippen LogP contribution >= 0.6 is 11.6 Å². The SMILES string of the molecule is O=C(Cn1c(=O)c2ccccc2n(CC(=O)Nc2ccc(Cl)cc2)c1=O)NCCc1ccccc1. The molecule has 0 aliphatic carbocycles. The molecule has 1 heterocycles. The fraction of sp³-hybridized carbons (Fsp3) is 0.154. The molecule has 0 radical (unpaired) electrons. The lowest BCUT2D eigenvalue weighted by atomic mass is 10.1. The second-order valence-electron chi connectivity index (χ2n) is 7.92. The van der Waals surface area contributed by atoms with Crippen molar-refractivity contribution in [2.24, 2.45) is 0 Å². The molecule has 0 aliphatic rings. The van der Waals surface area contributed by atoms with E-state index in [1.807, 2.05) is 30.3 Å². The predicted molar refractivity (Wildman–Crippen MR) is 136 cm³/mol. The van der Waals surface area contributed by atoms with Gasteiger partial charge in [-0.2, -0.15) is 0 Å². The van der Waals surface area contributed by atoms with Crippen LogP contribution in [0.3, 0.4) is 0 Å². The Morgan fingerprint density at radius 2 is 1.43 bits per heavy atom. The number of amides is 2. The van der Waals surface area contributed by atoms with Crippen LogP contribution < -0.4 is 21.9 Å². The third kappa shape index (κ3) is 5.85. The molecule has 0 saturated carbocycles. The van der Waals surface area contributed by atoms with E-state index in [0.717, 1.165) is 10.1 Å². The van der Waals surface area contributed by atoms with Crippen molar-refractivity contribution in [2.75, 3.05) is 11.9 Å². The summed E-state index contributed by atoms with van der Waals surface area (Å²) in [6.45, 7) is -0.420. The van der Waals surface area contributed by atoms with Gasteiger partial charge in [0, 0.05) is 17.3 Å². The number of hydrogen-bond donors (Lipinski definition) is 2. The van der Waals surface area contributed by atoms with Crippen LogP contribution in [0.5, 0.6) is 0 Å². The maximum absolute atomic E-state index is 13.2. The normalized spacial score (nSPS) is 10.8. The summed E-state index contributed by atoms with van der Waals surface area (Å²) in [5.74, 6) is -0.926. The van der Waals surface area contributed by atoms with Gasteiger partial charge in [-0.15, -0.1) is 0 Å². The number of aromatic nitrogens is 2. The Morgan fingerprint density at radius 3 is 2.17 bits per heavy atom. The minimum Gasteiger partial charge on any atom is -0.354 e. The van der Waals surface area contributed by atoms with Gasteiger partial charge in [-0.05, 0) is 48.4 Å². The van der Waals surface area contributed by atoms with E-state index in [0.29, 0.717) is 29.2 Å². The molecule has 4 aromatic rings. The van der Waals surface area contributed by atoms with Gasteiger partial charge in [-0.1, -0.05) is 54.1 Å². The lowest BCUT2D eigenvalue weighted by Crippen LogP contribution is -2.45. The van der Waals surface area contributed by atoms with E-state index in [9.17, 15) is 19.2 Å². The standard InChI is InChI=1S/C26H23ClN4O4/c27-19-10-12-20(13-11-19)29-24(33)17-30-22-9-5-4-8-21(22)25(34)31(26(30)35)16-23(32)28-15-14-18-6-2-1-3-7-18/h1-13H,14-17H2,(H,28,32)(H,29,33). The molecule has 0 spiro atoms. The maximum Gasteiger partial charge on any atom is 0.332 e. The number of rotatable bonds is 8. The van der Waals surface area contributed by atoms with E-state index < -0.39 is 29.6 Å². The zero-order valence-electron chi connectivity index (χ0n) is 18.7. The first-order valence-electron chi connectivity index (χ1n) is 11.0. The molecule has 0 unspecified atom stereocenters. The van der Waals surface area contributed by atoms with Gasteiger partial charge in [0.1, 0.15) is 13.1 Å². The number of hydrogen-bond acceptors (Lipinski definition) is 4. The largest absolute Gasteiger partial charge is 0.354 e. The number of anilines is 1. The number of halogens is 1. The highest BCUT2D eigenvalue weighted by molar-refractivity contribution is 6.30. The quantitative estimate of drug-likeness (QED) is 0.396. The summed E-state index contributed by atoms with van der Waals surface area (Å²) in [6, 6.07) is 22.7. The molecule has 0 saturated heterocycles. The van der Waals surface area contributed by atoms with Crippen LogP contribution in [0, 0.1) is 0 Å². The number of fused-ring (bicyclic) bond motifs is 1. The highest BCUT2D eigenvalue weighted by Gasteiger charge is 2.17. The molecular formula is C26H23ClN4O4. The molecule has 1 aromatic heterocycles. The number of benzene rings is 3. The van der Waals surface area contributed by atoms with Crippen LogP contribution in [-0.4, -0.2) is 27.5 Å². The average molecular weight is 491 g/mol. The first-order valence-corrected chi connectivity index (χ1v) is 11.4. The van der Waals surface area contributed by atoms with Gasteiger partial charge in [0.25, 0.3) is 5.56 Å². The number of carbonyl (C=O) groups is 2. The fourth-order valence-corrected chi connectivity index (χ4v) is 3.86. The summed E-state index contributed by atoms with van der Waals surface area (Å²) in [5.41, 5.74) is 0.568. The Bertz CT molecular complexity index is 1480. The molecule has 2 N–H and O–H groups in total. The van der Waals surface area contributed by atoms with Crippen molar-refractivity contribution in [3.05, 3.63) is 110 Å². The van der Waals surface area contributed by atoms with Gasteiger partial charge in [0.05, 0.1) is 10.9 Å². The maximum atomic E-state index is 13.2. The third-order valence-corrected chi connectivity index (χ3v) is 5.69. The monoisotopic (exact) mass is 490 g/mol. The van der Waals surface area contributed by atoms with Crippen molar-refractivity contribution < 1.29 is 9.59 Å². The molecule has 2 amide bonds. The average Bonchev–Trinajstić information content (AvgIpc) is 2.86. The summed E-state index contributed by atoms with van der Waals surface area (Å²) >= 11 is 5.88. The second-order valence-corrected chi connectivity index (χ2v) is 8.35. The fourth-order valence-electron chi connectivity index (χ4n) is 3.73. The predicted octanol–water partition coefficient (Wildman–Crippen LogP) is 2.81.